The van der Waals surface area contributed by atoms with Crippen LogP contribution in [0.25, 0.3) is 0 Å². The second kappa shape index (κ2) is 6.09. The van der Waals surface area contributed by atoms with Gasteiger partial charge in [0.15, 0.2) is 6.61 Å². The molecule has 0 aliphatic heterocycles. The number of rotatable bonds is 4. The Morgan fingerprint density at radius 3 is 2.37 bits per heavy atom. The smallest absolute Gasteiger partial charge is 0.258 e. The number of amides is 1. The van der Waals surface area contributed by atoms with E-state index in [1.807, 2.05) is 13.8 Å². The normalized spacial score (nSPS) is 15.5. The van der Waals surface area contributed by atoms with E-state index in [0.29, 0.717) is 6.04 Å². The molecule has 0 heterocycles. The first-order valence-electron chi connectivity index (χ1n) is 7.06. The van der Waals surface area contributed by atoms with Crippen LogP contribution >= 0.6 is 0 Å². The Morgan fingerprint density at radius 2 is 1.79 bits per heavy atom. The minimum Gasteiger partial charge on any atom is -0.483 e. The number of nitrogens with one attached hydrogen (secondary N) is 1. The fourth-order valence-corrected chi connectivity index (χ4v) is 2.87. The number of ether oxygens (including phenoxy) is 1. The van der Waals surface area contributed by atoms with Crippen molar-refractivity contribution in [1.82, 2.24) is 5.32 Å². The van der Waals surface area contributed by atoms with Crippen molar-refractivity contribution in [2.24, 2.45) is 0 Å². The highest BCUT2D eigenvalue weighted by molar-refractivity contribution is 5.78. The Balaban J connectivity index is 1.89. The minimum absolute atomic E-state index is 0.00808. The summed E-state index contributed by atoms with van der Waals surface area (Å²) in [6, 6.07) is 4.52. The molecule has 1 N–H and O–H groups in total. The highest BCUT2D eigenvalue weighted by atomic mass is 16.5. The summed E-state index contributed by atoms with van der Waals surface area (Å²) in [6.07, 6.45) is 4.66. The first-order valence-corrected chi connectivity index (χ1v) is 7.06. The van der Waals surface area contributed by atoms with E-state index in [2.05, 4.69) is 24.4 Å². The van der Waals surface area contributed by atoms with Gasteiger partial charge in [-0.1, -0.05) is 30.5 Å². The van der Waals surface area contributed by atoms with Gasteiger partial charge >= 0.3 is 0 Å². The molecule has 3 nitrogen and oxygen atoms in total. The van der Waals surface area contributed by atoms with Crippen LogP contribution in [-0.2, 0) is 4.79 Å². The maximum atomic E-state index is 11.8. The van der Waals surface area contributed by atoms with E-state index in [-0.39, 0.29) is 12.5 Å². The molecule has 104 valence electrons. The summed E-state index contributed by atoms with van der Waals surface area (Å²) in [4.78, 5) is 11.8. The first kappa shape index (κ1) is 13.9. The van der Waals surface area contributed by atoms with Crippen LogP contribution in [0, 0.1) is 20.8 Å². The van der Waals surface area contributed by atoms with Crippen molar-refractivity contribution in [3.63, 3.8) is 0 Å². The van der Waals surface area contributed by atoms with Crippen molar-refractivity contribution in [2.45, 2.75) is 52.5 Å². The van der Waals surface area contributed by atoms with Crippen molar-refractivity contribution in [3.8, 4) is 5.75 Å². The van der Waals surface area contributed by atoms with E-state index >= 15 is 0 Å². The Morgan fingerprint density at radius 1 is 1.21 bits per heavy atom. The predicted octanol–water partition coefficient (Wildman–Crippen LogP) is 3.05. The lowest BCUT2D eigenvalue weighted by molar-refractivity contribution is -0.123. The van der Waals surface area contributed by atoms with Gasteiger partial charge in [-0.25, -0.2) is 0 Å². The van der Waals surface area contributed by atoms with Crippen LogP contribution in [0.5, 0.6) is 5.75 Å². The summed E-state index contributed by atoms with van der Waals surface area (Å²) < 4.78 is 5.68. The van der Waals surface area contributed by atoms with Crippen LogP contribution < -0.4 is 10.1 Å². The molecule has 3 heteroatoms. The lowest BCUT2D eigenvalue weighted by Gasteiger charge is -2.15. The average molecular weight is 261 g/mol. The molecule has 19 heavy (non-hydrogen) atoms. The molecule has 0 saturated heterocycles. The zero-order chi connectivity index (χ0) is 13.8. The molecule has 1 aromatic rings. The zero-order valence-electron chi connectivity index (χ0n) is 12.1. The standard InChI is InChI=1S/C16H23NO2/c1-11-8-12(2)16(13(3)9-11)19-10-15(18)17-14-6-4-5-7-14/h8-9,14H,4-7,10H2,1-3H3,(H,17,18). The van der Waals surface area contributed by atoms with Gasteiger partial charge in [0, 0.05) is 6.04 Å². The second-order valence-electron chi connectivity index (χ2n) is 5.57. The van der Waals surface area contributed by atoms with Gasteiger partial charge in [-0.15, -0.1) is 0 Å². The monoisotopic (exact) mass is 261 g/mol. The summed E-state index contributed by atoms with van der Waals surface area (Å²) in [5.74, 6) is 0.832. The zero-order valence-corrected chi connectivity index (χ0v) is 12.1. The molecule has 0 bridgehead atoms. The Kier molecular flexibility index (Phi) is 4.46. The molecule has 0 aromatic heterocycles. The fraction of sp³-hybridized carbons (Fsp3) is 0.562. The fourth-order valence-electron chi connectivity index (χ4n) is 2.87. The van der Waals surface area contributed by atoms with Gasteiger partial charge in [0.25, 0.3) is 5.91 Å². The maximum absolute atomic E-state index is 11.8. The molecule has 1 fully saturated rings. The van der Waals surface area contributed by atoms with E-state index in [1.165, 1.54) is 18.4 Å². The molecular formula is C16H23NO2. The van der Waals surface area contributed by atoms with Crippen molar-refractivity contribution in [2.75, 3.05) is 6.61 Å². The molecule has 1 saturated carbocycles. The quantitative estimate of drug-likeness (QED) is 0.904. The third-order valence-corrected chi connectivity index (χ3v) is 3.67. The summed E-state index contributed by atoms with van der Waals surface area (Å²) in [7, 11) is 0. The van der Waals surface area contributed by atoms with Crippen LogP contribution in [0.2, 0.25) is 0 Å². The largest absolute Gasteiger partial charge is 0.483 e. The van der Waals surface area contributed by atoms with Gasteiger partial charge in [0.05, 0.1) is 0 Å². The number of benzene rings is 1. The first-order chi connectivity index (χ1) is 9.06. The van der Waals surface area contributed by atoms with Crippen LogP contribution in [0.3, 0.4) is 0 Å². The van der Waals surface area contributed by atoms with E-state index in [9.17, 15) is 4.79 Å². The van der Waals surface area contributed by atoms with Gasteiger partial charge in [0.2, 0.25) is 0 Å². The van der Waals surface area contributed by atoms with Gasteiger partial charge in [-0.05, 0) is 44.7 Å². The van der Waals surface area contributed by atoms with E-state index in [4.69, 9.17) is 4.74 Å². The summed E-state index contributed by atoms with van der Waals surface area (Å²) >= 11 is 0. The number of carbonyl (C=O) groups excluding carboxylic acids is 1. The number of hydrogen-bond donors (Lipinski definition) is 1. The van der Waals surface area contributed by atoms with Gasteiger partial charge in [0.1, 0.15) is 5.75 Å². The average Bonchev–Trinajstić information content (AvgIpc) is 2.80. The second-order valence-corrected chi connectivity index (χ2v) is 5.57. The number of carbonyl (C=O) groups is 1. The summed E-state index contributed by atoms with van der Waals surface area (Å²) in [6.45, 7) is 6.21. The van der Waals surface area contributed by atoms with Crippen molar-refractivity contribution < 1.29 is 9.53 Å². The van der Waals surface area contributed by atoms with Crippen LogP contribution in [0.15, 0.2) is 12.1 Å². The highest BCUT2D eigenvalue weighted by Gasteiger charge is 2.17. The Labute approximate surface area is 115 Å². The molecule has 0 spiro atoms. The van der Waals surface area contributed by atoms with E-state index in [0.717, 1.165) is 29.7 Å². The molecular weight excluding hydrogens is 238 g/mol. The molecule has 1 amide bonds. The molecule has 0 radical (unpaired) electrons. The summed E-state index contributed by atoms with van der Waals surface area (Å²) in [5.41, 5.74) is 3.40. The molecule has 2 rings (SSSR count). The third-order valence-electron chi connectivity index (χ3n) is 3.67. The molecule has 1 aliphatic rings. The van der Waals surface area contributed by atoms with Crippen molar-refractivity contribution in [1.29, 1.82) is 0 Å². The van der Waals surface area contributed by atoms with Crippen molar-refractivity contribution in [3.05, 3.63) is 28.8 Å². The SMILES string of the molecule is Cc1cc(C)c(OCC(=O)NC2CCCC2)c(C)c1. The molecule has 0 atom stereocenters. The molecule has 1 aromatic carbocycles. The number of aryl methyl sites for hydroxylation is 3. The van der Waals surface area contributed by atoms with Gasteiger partial charge in [-0.2, -0.15) is 0 Å². The van der Waals surface area contributed by atoms with Crippen LogP contribution in [-0.4, -0.2) is 18.6 Å². The van der Waals surface area contributed by atoms with E-state index < -0.39 is 0 Å². The Bertz CT molecular complexity index is 439. The van der Waals surface area contributed by atoms with Crippen LogP contribution in [0.1, 0.15) is 42.4 Å². The lowest BCUT2D eigenvalue weighted by Crippen LogP contribution is -2.36. The van der Waals surface area contributed by atoms with Crippen LogP contribution in [0.4, 0.5) is 0 Å². The van der Waals surface area contributed by atoms with Gasteiger partial charge in [-0.3, -0.25) is 4.79 Å². The molecule has 1 aliphatic carbocycles. The van der Waals surface area contributed by atoms with Crippen molar-refractivity contribution >= 4 is 5.91 Å². The lowest BCUT2D eigenvalue weighted by atomic mass is 10.1. The highest BCUT2D eigenvalue weighted by Crippen LogP contribution is 2.24. The number of hydrogen-bond acceptors (Lipinski definition) is 2. The van der Waals surface area contributed by atoms with E-state index in [1.54, 1.807) is 0 Å². The Hall–Kier alpha value is -1.51. The third kappa shape index (κ3) is 3.72. The predicted molar refractivity (Wildman–Crippen MR) is 76.5 cm³/mol. The molecule has 0 unspecified atom stereocenters. The summed E-state index contributed by atoms with van der Waals surface area (Å²) in [5, 5.41) is 3.04. The van der Waals surface area contributed by atoms with Gasteiger partial charge < -0.3 is 10.1 Å². The topological polar surface area (TPSA) is 38.3 Å². The minimum atomic E-state index is -0.00808. The maximum Gasteiger partial charge on any atom is 0.258 e.